The summed E-state index contributed by atoms with van der Waals surface area (Å²) in [6, 6.07) is 22.4. The van der Waals surface area contributed by atoms with Gasteiger partial charge in [0.1, 0.15) is 5.75 Å². The van der Waals surface area contributed by atoms with Gasteiger partial charge >= 0.3 is 0 Å². The summed E-state index contributed by atoms with van der Waals surface area (Å²) >= 11 is 0. The zero-order chi connectivity index (χ0) is 24.2. The summed E-state index contributed by atoms with van der Waals surface area (Å²) < 4.78 is 0. The number of H-pyrrole nitrogens is 1. The third-order valence-electron chi connectivity index (χ3n) is 8.02. The Bertz CT molecular complexity index is 1430. The molecule has 1 aliphatic heterocycles. The zero-order valence-corrected chi connectivity index (χ0v) is 19.3. The van der Waals surface area contributed by atoms with Crippen LogP contribution in [0.3, 0.4) is 0 Å². The number of nitrogens with zero attached hydrogens (tertiary/aromatic N) is 2. The molecule has 1 aromatic heterocycles. The highest BCUT2D eigenvalue weighted by molar-refractivity contribution is 5.87. The molecule has 2 heterocycles. The first-order chi connectivity index (χ1) is 16.9. The Kier molecular flexibility index (Phi) is 4.95. The Labute approximate surface area is 202 Å². The maximum absolute atomic E-state index is 12.5. The van der Waals surface area contributed by atoms with Crippen LogP contribution in [0.4, 0.5) is 5.69 Å². The standard InChI is InChI=1S/C28H27N3O4/c32-22-8-4-7-20(13-22)27-11-12-30(17-19-5-2-1-3-6-19)18-28(27,33)15-24-23-10-9-21(31(34)35)14-25(23)29-26(24)16-27/h1-10,13-14,29,32-33H,11-12,15-18H2/t27-,28-/m0/s1. The van der Waals surface area contributed by atoms with E-state index in [4.69, 9.17) is 0 Å². The third kappa shape index (κ3) is 3.50. The second-order valence-corrected chi connectivity index (χ2v) is 10.0. The number of aromatic amines is 1. The second kappa shape index (κ2) is 7.93. The van der Waals surface area contributed by atoms with E-state index in [-0.39, 0.29) is 16.4 Å². The Hall–Kier alpha value is -3.68. The molecule has 0 saturated carbocycles. The number of likely N-dealkylation sites (tertiary alicyclic amines) is 1. The molecule has 0 radical (unpaired) electrons. The average Bonchev–Trinajstić information content (AvgIpc) is 3.18. The smallest absolute Gasteiger partial charge is 0.271 e. The molecular formula is C28H27N3O4. The Morgan fingerprint density at radius 2 is 1.86 bits per heavy atom. The van der Waals surface area contributed by atoms with Crippen molar-refractivity contribution in [1.29, 1.82) is 0 Å². The van der Waals surface area contributed by atoms with Gasteiger partial charge in [-0.1, -0.05) is 42.5 Å². The maximum atomic E-state index is 12.5. The van der Waals surface area contributed by atoms with Crippen molar-refractivity contribution in [2.75, 3.05) is 13.1 Å². The van der Waals surface area contributed by atoms with E-state index in [1.54, 1.807) is 24.3 Å². The Morgan fingerprint density at radius 3 is 2.63 bits per heavy atom. The summed E-state index contributed by atoms with van der Waals surface area (Å²) in [5.41, 5.74) is 3.27. The van der Waals surface area contributed by atoms with Crippen molar-refractivity contribution in [3.8, 4) is 5.75 Å². The van der Waals surface area contributed by atoms with Crippen molar-refractivity contribution in [3.63, 3.8) is 0 Å². The number of nitro groups is 1. The number of aromatic hydroxyl groups is 1. The topological polar surface area (TPSA) is 103 Å². The summed E-state index contributed by atoms with van der Waals surface area (Å²) in [5.74, 6) is 0.184. The highest BCUT2D eigenvalue weighted by atomic mass is 16.6. The molecule has 1 saturated heterocycles. The maximum Gasteiger partial charge on any atom is 0.271 e. The minimum Gasteiger partial charge on any atom is -0.508 e. The van der Waals surface area contributed by atoms with E-state index < -0.39 is 11.0 Å². The molecule has 3 aromatic carbocycles. The number of nitro benzene ring substituents is 1. The number of aromatic nitrogens is 1. The van der Waals surface area contributed by atoms with E-state index in [0.29, 0.717) is 19.4 Å². The molecule has 0 unspecified atom stereocenters. The van der Waals surface area contributed by atoms with E-state index in [1.165, 1.54) is 11.6 Å². The SMILES string of the molecule is O=[N+]([O-])c1ccc2c3c([nH]c2c1)C[C@]1(c2cccc(O)c2)CCN(Cc2ccccc2)C[C@@]1(O)C3. The fourth-order valence-corrected chi connectivity index (χ4v) is 6.32. The number of rotatable bonds is 4. The molecule has 2 atom stereocenters. The lowest BCUT2D eigenvalue weighted by atomic mass is 9.56. The highest BCUT2D eigenvalue weighted by Crippen LogP contribution is 2.52. The number of β-amino-alcohol motifs (C(OH)–C–C–N with tert-alkyl or cyclic N) is 1. The van der Waals surface area contributed by atoms with Crippen molar-refractivity contribution in [2.45, 2.75) is 36.8 Å². The average molecular weight is 470 g/mol. The number of hydrogen-bond donors (Lipinski definition) is 3. The predicted octanol–water partition coefficient (Wildman–Crippen LogP) is 4.46. The number of piperidine rings is 1. The molecule has 2 aliphatic rings. The van der Waals surface area contributed by atoms with E-state index in [9.17, 15) is 20.3 Å². The lowest BCUT2D eigenvalue weighted by Crippen LogP contribution is -2.66. The fourth-order valence-electron chi connectivity index (χ4n) is 6.32. The third-order valence-corrected chi connectivity index (χ3v) is 8.02. The van der Waals surface area contributed by atoms with Crippen molar-refractivity contribution >= 4 is 16.6 Å². The summed E-state index contributed by atoms with van der Waals surface area (Å²) in [6.45, 7) is 2.07. The molecule has 7 nitrogen and oxygen atoms in total. The van der Waals surface area contributed by atoms with Crippen molar-refractivity contribution in [3.05, 3.63) is 105 Å². The summed E-state index contributed by atoms with van der Waals surface area (Å²) in [5, 5.41) is 35.0. The Morgan fingerprint density at radius 1 is 1.03 bits per heavy atom. The van der Waals surface area contributed by atoms with Gasteiger partial charge in [0.05, 0.1) is 16.0 Å². The quantitative estimate of drug-likeness (QED) is 0.303. The summed E-state index contributed by atoms with van der Waals surface area (Å²) in [7, 11) is 0. The first-order valence-corrected chi connectivity index (χ1v) is 11.9. The summed E-state index contributed by atoms with van der Waals surface area (Å²) in [4.78, 5) is 16.7. The van der Waals surface area contributed by atoms with Gasteiger partial charge in [-0.05, 0) is 47.9 Å². The van der Waals surface area contributed by atoms with Gasteiger partial charge in [0.15, 0.2) is 0 Å². The van der Waals surface area contributed by atoms with Crippen LogP contribution in [0, 0.1) is 10.1 Å². The number of non-ortho nitro benzene ring substituents is 1. The minimum atomic E-state index is -1.07. The van der Waals surface area contributed by atoms with E-state index in [2.05, 4.69) is 22.0 Å². The lowest BCUT2D eigenvalue weighted by molar-refractivity contribution is -0.384. The number of nitrogens with one attached hydrogen (secondary N) is 1. The molecule has 178 valence electrons. The van der Waals surface area contributed by atoms with Gasteiger partial charge in [0, 0.05) is 54.6 Å². The Balaban J connectivity index is 1.45. The van der Waals surface area contributed by atoms with E-state index >= 15 is 0 Å². The van der Waals surface area contributed by atoms with Crippen LogP contribution in [0.25, 0.3) is 10.9 Å². The van der Waals surface area contributed by atoms with Crippen LogP contribution in [0.1, 0.15) is 28.8 Å². The van der Waals surface area contributed by atoms with Crippen molar-refractivity contribution in [2.24, 2.45) is 0 Å². The fraction of sp³-hybridized carbons (Fsp3) is 0.286. The van der Waals surface area contributed by atoms with Gasteiger partial charge in [-0.15, -0.1) is 0 Å². The molecule has 4 aromatic rings. The largest absolute Gasteiger partial charge is 0.508 e. The predicted molar refractivity (Wildman–Crippen MR) is 133 cm³/mol. The molecule has 35 heavy (non-hydrogen) atoms. The lowest BCUT2D eigenvalue weighted by Gasteiger charge is -2.56. The number of aliphatic hydroxyl groups is 1. The molecule has 6 rings (SSSR count). The van der Waals surface area contributed by atoms with Crippen LogP contribution in [0.2, 0.25) is 0 Å². The van der Waals surface area contributed by atoms with Gasteiger partial charge in [-0.2, -0.15) is 0 Å². The van der Waals surface area contributed by atoms with Gasteiger partial charge in [0.2, 0.25) is 0 Å². The molecule has 1 fully saturated rings. The minimum absolute atomic E-state index is 0.0453. The van der Waals surface area contributed by atoms with Crippen LogP contribution >= 0.6 is 0 Å². The number of benzene rings is 3. The zero-order valence-electron chi connectivity index (χ0n) is 19.3. The normalized spacial score (nSPS) is 24.1. The van der Waals surface area contributed by atoms with Crippen molar-refractivity contribution in [1.82, 2.24) is 9.88 Å². The van der Waals surface area contributed by atoms with Gasteiger partial charge in [-0.25, -0.2) is 0 Å². The van der Waals surface area contributed by atoms with Gasteiger partial charge in [0.25, 0.3) is 5.69 Å². The van der Waals surface area contributed by atoms with Gasteiger partial charge < -0.3 is 15.2 Å². The summed E-state index contributed by atoms with van der Waals surface area (Å²) in [6.07, 6.45) is 1.74. The molecule has 0 amide bonds. The molecule has 0 spiro atoms. The van der Waals surface area contributed by atoms with E-state index in [1.807, 2.05) is 30.3 Å². The van der Waals surface area contributed by atoms with Crippen LogP contribution in [0.5, 0.6) is 5.75 Å². The van der Waals surface area contributed by atoms with Crippen LogP contribution in [-0.4, -0.2) is 43.7 Å². The molecule has 3 N–H and O–H groups in total. The first kappa shape index (κ1) is 21.8. The second-order valence-electron chi connectivity index (χ2n) is 10.0. The van der Waals surface area contributed by atoms with Crippen molar-refractivity contribution < 1.29 is 15.1 Å². The number of phenols is 1. The van der Waals surface area contributed by atoms with Gasteiger partial charge in [-0.3, -0.25) is 15.0 Å². The first-order valence-electron chi connectivity index (χ1n) is 11.9. The number of phenolic OH excluding ortho intramolecular Hbond substituents is 1. The molecular weight excluding hydrogens is 442 g/mol. The van der Waals surface area contributed by atoms with Crippen LogP contribution in [-0.2, 0) is 24.8 Å². The van der Waals surface area contributed by atoms with Crippen LogP contribution < -0.4 is 0 Å². The number of hydrogen-bond acceptors (Lipinski definition) is 5. The van der Waals surface area contributed by atoms with E-state index in [0.717, 1.165) is 47.2 Å². The number of fused-ring (bicyclic) bond motifs is 4. The monoisotopic (exact) mass is 469 g/mol. The highest BCUT2D eigenvalue weighted by Gasteiger charge is 2.57. The van der Waals surface area contributed by atoms with Crippen LogP contribution in [0.15, 0.2) is 72.8 Å². The molecule has 7 heteroatoms. The molecule has 1 aliphatic carbocycles. The molecule has 0 bridgehead atoms.